The number of nitrogens with zero attached hydrogens (tertiary/aromatic N) is 2. The molecule has 3 heteroatoms. The number of alkyl halides is 1. The zero-order chi connectivity index (χ0) is 15.7. The Morgan fingerprint density at radius 2 is 2.00 bits per heavy atom. The highest BCUT2D eigenvalue weighted by Crippen LogP contribution is 2.21. The second-order valence-electron chi connectivity index (χ2n) is 5.11. The summed E-state index contributed by atoms with van der Waals surface area (Å²) in [7, 11) is 1.93. The maximum absolute atomic E-state index is 9.46. The summed E-state index contributed by atoms with van der Waals surface area (Å²) in [5, 5.41) is 9.46. The highest BCUT2D eigenvalue weighted by Gasteiger charge is 2.10. The molecule has 0 spiro atoms. The molecule has 0 amide bonds. The van der Waals surface area contributed by atoms with Gasteiger partial charge in [0, 0.05) is 17.6 Å². The fourth-order valence-corrected chi connectivity index (χ4v) is 2.39. The highest BCUT2D eigenvalue weighted by molar-refractivity contribution is 9.09. The topological polar surface area (TPSA) is 27.0 Å². The van der Waals surface area contributed by atoms with Crippen molar-refractivity contribution in [2.75, 3.05) is 11.9 Å². The average molecular weight is 347 g/mol. The summed E-state index contributed by atoms with van der Waals surface area (Å²) in [5.74, 6) is 0.288. The van der Waals surface area contributed by atoms with Gasteiger partial charge in [0.25, 0.3) is 0 Å². The van der Waals surface area contributed by atoms with Crippen LogP contribution in [0.1, 0.15) is 26.7 Å². The summed E-state index contributed by atoms with van der Waals surface area (Å²) in [4.78, 5) is 2.43. The normalized spacial score (nSPS) is 14.7. The third-order valence-corrected chi connectivity index (χ3v) is 3.79. The van der Waals surface area contributed by atoms with Crippen molar-refractivity contribution in [1.82, 2.24) is 0 Å². The molecule has 112 valence electrons. The van der Waals surface area contributed by atoms with Crippen molar-refractivity contribution in [2.45, 2.75) is 31.5 Å². The molecule has 2 nitrogen and oxygen atoms in total. The minimum Gasteiger partial charge on any atom is -0.336 e. The fraction of sp³-hybridized carbons (Fsp3) is 0.389. The molecular weight excluding hydrogens is 324 g/mol. The van der Waals surface area contributed by atoms with Crippen molar-refractivity contribution in [3.63, 3.8) is 0 Å². The van der Waals surface area contributed by atoms with E-state index in [1.54, 1.807) is 0 Å². The lowest BCUT2D eigenvalue weighted by Crippen LogP contribution is -2.16. The number of benzene rings is 1. The van der Waals surface area contributed by atoms with E-state index in [1.165, 1.54) is 0 Å². The molecular formula is C18H23BrN2. The molecule has 0 radical (unpaired) electrons. The van der Waals surface area contributed by atoms with Gasteiger partial charge in [-0.3, -0.25) is 0 Å². The first-order valence-corrected chi connectivity index (χ1v) is 8.17. The van der Waals surface area contributed by atoms with E-state index < -0.39 is 0 Å². The second kappa shape index (κ2) is 9.41. The van der Waals surface area contributed by atoms with Gasteiger partial charge in [-0.25, -0.2) is 0 Å². The standard InChI is InChI=1S/C18H23BrN2/c1-4-8-16(12-11-15(2)19)13-18(14-20)21(3)17-9-6-5-7-10-17/h4-10,13,15-16H,11-12H2,1-3H3/b8-4-,18-13+. The van der Waals surface area contributed by atoms with Gasteiger partial charge in [0.05, 0.1) is 0 Å². The molecule has 0 N–H and O–H groups in total. The number of anilines is 1. The molecule has 2 atom stereocenters. The molecule has 0 aliphatic heterocycles. The average Bonchev–Trinajstić information content (AvgIpc) is 2.50. The van der Waals surface area contributed by atoms with Crippen molar-refractivity contribution < 1.29 is 0 Å². The van der Waals surface area contributed by atoms with E-state index in [4.69, 9.17) is 0 Å². The lowest BCUT2D eigenvalue weighted by Gasteiger charge is -2.19. The third-order valence-electron chi connectivity index (χ3n) is 3.33. The van der Waals surface area contributed by atoms with E-state index in [1.807, 2.05) is 49.2 Å². The van der Waals surface area contributed by atoms with Crippen LogP contribution in [0.5, 0.6) is 0 Å². The van der Waals surface area contributed by atoms with E-state index in [-0.39, 0.29) is 5.92 Å². The Labute approximate surface area is 136 Å². The Morgan fingerprint density at radius 3 is 2.52 bits per heavy atom. The molecule has 0 aromatic heterocycles. The van der Waals surface area contributed by atoms with Gasteiger partial charge in [-0.15, -0.1) is 0 Å². The van der Waals surface area contributed by atoms with E-state index in [0.717, 1.165) is 18.5 Å². The summed E-state index contributed by atoms with van der Waals surface area (Å²) in [6, 6.07) is 12.3. The number of hydrogen-bond donors (Lipinski definition) is 0. The molecule has 0 fully saturated rings. The largest absolute Gasteiger partial charge is 0.336 e. The number of rotatable bonds is 7. The number of halogens is 1. The Morgan fingerprint density at radius 1 is 1.33 bits per heavy atom. The smallest absolute Gasteiger partial charge is 0.117 e. The Hall–Kier alpha value is -1.53. The molecule has 1 rings (SSSR count). The Bertz CT molecular complexity index is 512. The van der Waals surface area contributed by atoms with E-state index >= 15 is 0 Å². The Balaban J connectivity index is 2.91. The monoisotopic (exact) mass is 346 g/mol. The minimum absolute atomic E-state index is 0.288. The van der Waals surface area contributed by atoms with Gasteiger partial charge >= 0.3 is 0 Å². The van der Waals surface area contributed by atoms with Crippen molar-refractivity contribution >= 4 is 21.6 Å². The molecule has 1 aromatic rings. The molecule has 0 aliphatic carbocycles. The molecule has 1 aromatic carbocycles. The van der Waals surface area contributed by atoms with Gasteiger partial charge in [-0.1, -0.05) is 53.2 Å². The van der Waals surface area contributed by atoms with Crippen molar-refractivity contribution in [3.05, 3.63) is 54.3 Å². The van der Waals surface area contributed by atoms with Gasteiger partial charge in [0.15, 0.2) is 0 Å². The van der Waals surface area contributed by atoms with Gasteiger partial charge in [-0.05, 0) is 43.9 Å². The van der Waals surface area contributed by atoms with Crippen LogP contribution >= 0.6 is 15.9 Å². The molecule has 0 bridgehead atoms. The molecule has 2 unspecified atom stereocenters. The third kappa shape index (κ3) is 6.18. The second-order valence-corrected chi connectivity index (χ2v) is 6.67. The summed E-state index contributed by atoms with van der Waals surface area (Å²) in [5.41, 5.74) is 1.71. The van der Waals surface area contributed by atoms with Crippen LogP contribution in [-0.4, -0.2) is 11.9 Å². The highest BCUT2D eigenvalue weighted by atomic mass is 79.9. The molecule has 0 saturated carbocycles. The van der Waals surface area contributed by atoms with Gasteiger partial charge in [0.2, 0.25) is 0 Å². The number of allylic oxidation sites excluding steroid dienone is 4. The molecule has 0 heterocycles. The van der Waals surface area contributed by atoms with Crippen LogP contribution in [0.25, 0.3) is 0 Å². The number of hydrogen-bond acceptors (Lipinski definition) is 2. The van der Waals surface area contributed by atoms with Crippen LogP contribution in [0.15, 0.2) is 54.3 Å². The predicted molar refractivity (Wildman–Crippen MR) is 94.5 cm³/mol. The maximum Gasteiger partial charge on any atom is 0.117 e. The van der Waals surface area contributed by atoms with Gasteiger partial charge in [-0.2, -0.15) is 5.26 Å². The van der Waals surface area contributed by atoms with E-state index in [9.17, 15) is 5.26 Å². The van der Waals surface area contributed by atoms with E-state index in [2.05, 4.69) is 47.2 Å². The molecule has 21 heavy (non-hydrogen) atoms. The van der Waals surface area contributed by atoms with Crippen LogP contribution in [0.4, 0.5) is 5.69 Å². The lowest BCUT2D eigenvalue weighted by molar-refractivity contribution is 0.651. The quantitative estimate of drug-likeness (QED) is 0.381. The van der Waals surface area contributed by atoms with Crippen LogP contribution in [0, 0.1) is 17.2 Å². The van der Waals surface area contributed by atoms with Crippen LogP contribution in [0.3, 0.4) is 0 Å². The number of nitriles is 1. The summed E-state index contributed by atoms with van der Waals surface area (Å²) >= 11 is 3.58. The van der Waals surface area contributed by atoms with E-state index in [0.29, 0.717) is 10.5 Å². The lowest BCUT2D eigenvalue weighted by atomic mass is 10.00. The molecule has 0 saturated heterocycles. The maximum atomic E-state index is 9.46. The van der Waals surface area contributed by atoms with Crippen molar-refractivity contribution in [2.24, 2.45) is 5.92 Å². The van der Waals surface area contributed by atoms with Crippen molar-refractivity contribution in [3.8, 4) is 6.07 Å². The minimum atomic E-state index is 0.288. The van der Waals surface area contributed by atoms with Crippen LogP contribution in [-0.2, 0) is 0 Å². The first kappa shape index (κ1) is 17.5. The van der Waals surface area contributed by atoms with Gasteiger partial charge < -0.3 is 4.90 Å². The first-order chi connectivity index (χ1) is 10.1. The zero-order valence-corrected chi connectivity index (χ0v) is 14.5. The van der Waals surface area contributed by atoms with Crippen LogP contribution in [0.2, 0.25) is 0 Å². The number of para-hydroxylation sites is 1. The summed E-state index contributed by atoms with van der Waals surface area (Å²) in [6.45, 7) is 4.17. The van der Waals surface area contributed by atoms with Gasteiger partial charge in [0.1, 0.15) is 11.8 Å². The predicted octanol–water partition coefficient (Wildman–Crippen LogP) is 5.29. The summed E-state index contributed by atoms with van der Waals surface area (Å²) < 4.78 is 0. The van der Waals surface area contributed by atoms with Crippen LogP contribution < -0.4 is 4.90 Å². The zero-order valence-electron chi connectivity index (χ0n) is 13.0. The fourth-order valence-electron chi connectivity index (χ4n) is 2.12. The molecule has 0 aliphatic rings. The Kier molecular flexibility index (Phi) is 7.85. The first-order valence-electron chi connectivity index (χ1n) is 7.26. The SMILES string of the molecule is C/C=C\C(/C=C(\C#N)N(C)c1ccccc1)CCC(C)Br. The van der Waals surface area contributed by atoms with Crippen molar-refractivity contribution in [1.29, 1.82) is 5.26 Å². The summed E-state index contributed by atoms with van der Waals surface area (Å²) in [6.07, 6.45) is 8.38.